The van der Waals surface area contributed by atoms with Gasteiger partial charge in [-0.1, -0.05) is 0 Å². The number of ether oxygens (including phenoxy) is 1. The first-order valence-corrected chi connectivity index (χ1v) is 7.72. The summed E-state index contributed by atoms with van der Waals surface area (Å²) in [5.74, 6) is 0.739. The highest BCUT2D eigenvalue weighted by Gasteiger charge is 2.53. The van der Waals surface area contributed by atoms with Crippen LogP contribution in [-0.2, 0) is 21.5 Å². The molecule has 1 N–H and O–H groups in total. The zero-order valence-corrected chi connectivity index (χ0v) is 13.5. The second kappa shape index (κ2) is 4.50. The van der Waals surface area contributed by atoms with Crippen LogP contribution < -0.4 is 4.74 Å². The first kappa shape index (κ1) is 14.1. The lowest BCUT2D eigenvalue weighted by Crippen LogP contribution is -2.66. The van der Waals surface area contributed by atoms with Crippen LogP contribution in [-0.4, -0.2) is 53.8 Å². The number of rotatable bonds is 1. The van der Waals surface area contributed by atoms with Gasteiger partial charge in [0.25, 0.3) is 5.91 Å². The van der Waals surface area contributed by atoms with Crippen LogP contribution in [0.5, 0.6) is 5.75 Å². The number of hydrogen-bond acceptors (Lipinski definition) is 3. The van der Waals surface area contributed by atoms with Crippen molar-refractivity contribution in [2.24, 2.45) is 0 Å². The molecule has 1 saturated heterocycles. The predicted molar refractivity (Wildman–Crippen MR) is 85.3 cm³/mol. The van der Waals surface area contributed by atoms with E-state index in [1.165, 1.54) is 4.90 Å². The molecule has 0 bridgehead atoms. The fourth-order valence-corrected chi connectivity index (χ4v) is 3.94. The normalized spacial score (nSPS) is 24.0. The molecule has 0 unspecified atom stereocenters. The topological polar surface area (TPSA) is 65.6 Å². The quantitative estimate of drug-likeness (QED) is 0.862. The Morgan fingerprint density at radius 2 is 2.09 bits per heavy atom. The molecule has 1 fully saturated rings. The van der Waals surface area contributed by atoms with E-state index in [-0.39, 0.29) is 18.4 Å². The Labute approximate surface area is 134 Å². The van der Waals surface area contributed by atoms with E-state index in [0.717, 1.165) is 34.3 Å². The van der Waals surface area contributed by atoms with Crippen molar-refractivity contribution in [2.45, 2.75) is 18.9 Å². The smallest absolute Gasteiger partial charge is 0.254 e. The minimum Gasteiger partial charge on any atom is -0.497 e. The average Bonchev–Trinajstić information content (AvgIpc) is 2.92. The predicted octanol–water partition coefficient (Wildman–Crippen LogP) is 1.25. The molecule has 2 aromatic rings. The number of aromatic amines is 1. The summed E-state index contributed by atoms with van der Waals surface area (Å²) < 4.78 is 5.32. The summed E-state index contributed by atoms with van der Waals surface area (Å²) in [7, 11) is 3.32. The highest BCUT2D eigenvalue weighted by atomic mass is 16.5. The van der Waals surface area contributed by atoms with Gasteiger partial charge in [0.1, 0.15) is 5.75 Å². The molecule has 0 saturated carbocycles. The zero-order valence-electron chi connectivity index (χ0n) is 13.5. The maximum absolute atomic E-state index is 12.9. The molecule has 120 valence electrons. The number of piperazine rings is 1. The van der Waals surface area contributed by atoms with Gasteiger partial charge in [-0.15, -0.1) is 0 Å². The Balaban J connectivity index is 1.97. The minimum absolute atomic E-state index is 0.00325. The first-order valence-electron chi connectivity index (χ1n) is 7.72. The van der Waals surface area contributed by atoms with Gasteiger partial charge in [0, 0.05) is 24.5 Å². The molecule has 0 aliphatic carbocycles. The molecule has 6 heteroatoms. The van der Waals surface area contributed by atoms with Gasteiger partial charge >= 0.3 is 0 Å². The van der Waals surface area contributed by atoms with E-state index in [9.17, 15) is 9.59 Å². The number of nitrogens with one attached hydrogen (secondary N) is 1. The number of fused-ring (bicyclic) bond motifs is 5. The molecule has 2 amide bonds. The Hall–Kier alpha value is -2.50. The lowest BCUT2D eigenvalue weighted by atomic mass is 9.83. The van der Waals surface area contributed by atoms with Crippen LogP contribution in [0, 0.1) is 0 Å². The second-order valence-electron chi connectivity index (χ2n) is 6.42. The van der Waals surface area contributed by atoms with Gasteiger partial charge in [0.2, 0.25) is 5.91 Å². The van der Waals surface area contributed by atoms with Crippen LogP contribution in [0.25, 0.3) is 10.9 Å². The Bertz CT molecular complexity index is 841. The van der Waals surface area contributed by atoms with E-state index < -0.39 is 5.54 Å². The van der Waals surface area contributed by atoms with Gasteiger partial charge in [0.15, 0.2) is 5.54 Å². The van der Waals surface area contributed by atoms with Gasteiger partial charge in [-0.3, -0.25) is 9.59 Å². The number of likely N-dealkylation sites (N-methyl/N-ethyl adjacent to an activating group) is 1. The molecule has 6 nitrogen and oxygen atoms in total. The molecule has 1 aromatic carbocycles. The molecule has 2 aliphatic rings. The van der Waals surface area contributed by atoms with Crippen LogP contribution in [0.4, 0.5) is 0 Å². The number of H-pyrrole nitrogens is 1. The summed E-state index contributed by atoms with van der Waals surface area (Å²) in [6.45, 7) is 2.55. The van der Waals surface area contributed by atoms with Crippen LogP contribution in [0.1, 0.15) is 18.2 Å². The van der Waals surface area contributed by atoms with Gasteiger partial charge in [-0.2, -0.15) is 0 Å². The van der Waals surface area contributed by atoms with Crippen LogP contribution in [0.2, 0.25) is 0 Å². The fourth-order valence-electron chi connectivity index (χ4n) is 3.94. The summed E-state index contributed by atoms with van der Waals surface area (Å²) in [5, 5.41) is 1.06. The summed E-state index contributed by atoms with van der Waals surface area (Å²) in [4.78, 5) is 31.9. The highest BCUT2D eigenvalue weighted by molar-refractivity contribution is 6.00. The number of nitrogens with zero attached hydrogens (tertiary/aromatic N) is 2. The van der Waals surface area contributed by atoms with Crippen molar-refractivity contribution in [3.8, 4) is 5.75 Å². The van der Waals surface area contributed by atoms with Crippen LogP contribution in [0.3, 0.4) is 0 Å². The SMILES string of the molecule is COc1ccc2[nH]c3c(c2c1)CCN1C(=O)CN(C)C(=O)[C@@]31C. The van der Waals surface area contributed by atoms with Crippen molar-refractivity contribution < 1.29 is 14.3 Å². The minimum atomic E-state index is -0.954. The molecular weight excluding hydrogens is 294 g/mol. The van der Waals surface area contributed by atoms with Crippen molar-refractivity contribution in [3.63, 3.8) is 0 Å². The Kier molecular flexibility index (Phi) is 2.76. The van der Waals surface area contributed by atoms with Crippen LogP contribution in [0.15, 0.2) is 18.2 Å². The number of carbonyl (C=O) groups excluding carboxylic acids is 2. The van der Waals surface area contributed by atoms with Gasteiger partial charge in [0.05, 0.1) is 19.3 Å². The Morgan fingerprint density at radius 1 is 1.30 bits per heavy atom. The molecule has 0 radical (unpaired) electrons. The average molecular weight is 313 g/mol. The van der Waals surface area contributed by atoms with Gasteiger partial charge < -0.3 is 19.5 Å². The number of methoxy groups -OCH3 is 1. The monoisotopic (exact) mass is 313 g/mol. The lowest BCUT2D eigenvalue weighted by molar-refractivity contribution is -0.164. The maximum atomic E-state index is 12.9. The largest absolute Gasteiger partial charge is 0.497 e. The molecule has 0 spiro atoms. The molecule has 1 aromatic heterocycles. The number of hydrogen-bond donors (Lipinski definition) is 1. The van der Waals surface area contributed by atoms with Gasteiger partial charge in [-0.25, -0.2) is 0 Å². The van der Waals surface area contributed by atoms with Crippen LogP contribution >= 0.6 is 0 Å². The molecule has 1 atom stereocenters. The van der Waals surface area contributed by atoms with Gasteiger partial charge in [-0.05, 0) is 37.1 Å². The van der Waals surface area contributed by atoms with Crippen molar-refractivity contribution in [3.05, 3.63) is 29.5 Å². The van der Waals surface area contributed by atoms with E-state index >= 15 is 0 Å². The summed E-state index contributed by atoms with van der Waals surface area (Å²) >= 11 is 0. The van der Waals surface area contributed by atoms with E-state index in [1.54, 1.807) is 19.1 Å². The van der Waals surface area contributed by atoms with E-state index in [2.05, 4.69) is 4.98 Å². The zero-order chi connectivity index (χ0) is 16.4. The number of amides is 2. The van der Waals surface area contributed by atoms with Crippen molar-refractivity contribution in [2.75, 3.05) is 27.2 Å². The summed E-state index contributed by atoms with van der Waals surface area (Å²) in [6.07, 6.45) is 0.737. The highest BCUT2D eigenvalue weighted by Crippen LogP contribution is 2.42. The fraction of sp³-hybridized carbons (Fsp3) is 0.412. The second-order valence-corrected chi connectivity index (χ2v) is 6.42. The van der Waals surface area contributed by atoms with Crippen molar-refractivity contribution in [1.82, 2.24) is 14.8 Å². The van der Waals surface area contributed by atoms with Crippen molar-refractivity contribution in [1.29, 1.82) is 0 Å². The first-order chi connectivity index (χ1) is 11.0. The lowest BCUT2D eigenvalue weighted by Gasteiger charge is -2.48. The van der Waals surface area contributed by atoms with E-state index in [0.29, 0.717) is 6.54 Å². The molecule has 3 heterocycles. The summed E-state index contributed by atoms with van der Waals surface area (Å²) in [6, 6.07) is 5.84. The number of carbonyl (C=O) groups is 2. The summed E-state index contributed by atoms with van der Waals surface area (Å²) in [5.41, 5.74) is 1.95. The molecule has 4 rings (SSSR count). The third-order valence-corrected chi connectivity index (χ3v) is 5.16. The molecular formula is C17H19N3O3. The number of benzene rings is 1. The third kappa shape index (κ3) is 1.69. The Morgan fingerprint density at radius 3 is 2.83 bits per heavy atom. The van der Waals surface area contributed by atoms with E-state index in [4.69, 9.17) is 4.74 Å². The third-order valence-electron chi connectivity index (χ3n) is 5.16. The maximum Gasteiger partial charge on any atom is 0.254 e. The van der Waals surface area contributed by atoms with Crippen molar-refractivity contribution >= 4 is 22.7 Å². The van der Waals surface area contributed by atoms with E-state index in [1.807, 2.05) is 25.1 Å². The molecule has 2 aliphatic heterocycles. The standard InChI is InChI=1S/C17H19N3O3/c1-17-15-11(12-8-10(23-3)4-5-13(12)18-15)6-7-20(17)14(21)9-19(2)16(17)22/h4-5,8,18H,6-7,9H2,1-3H3/t17-/m1/s1. The number of aromatic nitrogens is 1. The molecule has 23 heavy (non-hydrogen) atoms.